The molecule has 0 aliphatic heterocycles. The maximum Gasteiger partial charge on any atom is 0.252 e. The Labute approximate surface area is 179 Å². The number of aromatic nitrogens is 5. The summed E-state index contributed by atoms with van der Waals surface area (Å²) in [4.78, 5) is 22.0. The van der Waals surface area contributed by atoms with Crippen LogP contribution in [0.4, 0.5) is 21.7 Å². The van der Waals surface area contributed by atoms with Crippen LogP contribution >= 0.6 is 0 Å². The van der Waals surface area contributed by atoms with Gasteiger partial charge in [-0.2, -0.15) is 10.2 Å². The Kier molecular flexibility index (Phi) is 6.44. The minimum Gasteiger partial charge on any atom is -0.365 e. The molecular weight excluding hydrogens is 401 g/mol. The normalized spacial score (nSPS) is 13.1. The van der Waals surface area contributed by atoms with Crippen LogP contribution in [0.25, 0.3) is 5.69 Å². The zero-order valence-electron chi connectivity index (χ0n) is 17.8. The van der Waals surface area contributed by atoms with Crippen molar-refractivity contribution in [3.05, 3.63) is 47.8 Å². The molecule has 164 valence electrons. The van der Waals surface area contributed by atoms with Gasteiger partial charge < -0.3 is 22.1 Å². The third-order valence-corrected chi connectivity index (χ3v) is 4.79. The van der Waals surface area contributed by atoms with E-state index in [0.717, 1.165) is 6.07 Å². The molecule has 0 saturated heterocycles. The number of nitrogens with zero attached hydrogens (tertiary/aromatic N) is 5. The third-order valence-electron chi connectivity index (χ3n) is 4.79. The van der Waals surface area contributed by atoms with Gasteiger partial charge in [0.1, 0.15) is 11.5 Å². The van der Waals surface area contributed by atoms with Crippen molar-refractivity contribution in [2.45, 2.75) is 39.8 Å². The molecule has 0 radical (unpaired) electrons. The van der Waals surface area contributed by atoms with E-state index in [9.17, 15) is 9.18 Å². The molecule has 6 N–H and O–H groups in total. The van der Waals surface area contributed by atoms with Crippen LogP contribution in [0.1, 0.15) is 36.8 Å². The van der Waals surface area contributed by atoms with Gasteiger partial charge in [-0.1, -0.05) is 13.8 Å². The molecule has 0 spiro atoms. The fraction of sp³-hybridized carbons (Fsp3) is 0.350. The number of pyridine rings is 2. The van der Waals surface area contributed by atoms with Gasteiger partial charge in [-0.15, -0.1) is 4.80 Å². The number of nitrogens with two attached hydrogens (primary N) is 2. The molecule has 0 aliphatic carbocycles. The highest BCUT2D eigenvalue weighted by molar-refractivity contribution is 5.98. The molecule has 11 heteroatoms. The van der Waals surface area contributed by atoms with Gasteiger partial charge in [-0.3, -0.25) is 9.78 Å². The highest BCUT2D eigenvalue weighted by Gasteiger charge is 2.22. The van der Waals surface area contributed by atoms with E-state index in [-0.39, 0.29) is 35.2 Å². The van der Waals surface area contributed by atoms with Crippen LogP contribution in [0.3, 0.4) is 0 Å². The predicted molar refractivity (Wildman–Crippen MR) is 116 cm³/mol. The Morgan fingerprint density at radius 2 is 1.84 bits per heavy atom. The lowest BCUT2D eigenvalue weighted by Crippen LogP contribution is -2.42. The molecule has 0 aliphatic rings. The van der Waals surface area contributed by atoms with Crippen molar-refractivity contribution in [3.63, 3.8) is 0 Å². The van der Waals surface area contributed by atoms with E-state index in [0.29, 0.717) is 17.1 Å². The van der Waals surface area contributed by atoms with E-state index in [2.05, 4.69) is 30.8 Å². The first kappa shape index (κ1) is 22.1. The summed E-state index contributed by atoms with van der Waals surface area (Å²) in [5, 5.41) is 14.3. The van der Waals surface area contributed by atoms with Crippen molar-refractivity contribution < 1.29 is 9.18 Å². The van der Waals surface area contributed by atoms with E-state index >= 15 is 0 Å². The van der Waals surface area contributed by atoms with Gasteiger partial charge >= 0.3 is 0 Å². The van der Waals surface area contributed by atoms with Crippen LogP contribution in [0.5, 0.6) is 0 Å². The van der Waals surface area contributed by atoms with Gasteiger partial charge in [0.15, 0.2) is 11.6 Å². The zero-order valence-corrected chi connectivity index (χ0v) is 17.8. The number of hydrogen-bond acceptors (Lipinski definition) is 8. The molecule has 3 rings (SSSR count). The van der Waals surface area contributed by atoms with Crippen LogP contribution < -0.4 is 22.1 Å². The predicted octanol–water partition coefficient (Wildman–Crippen LogP) is 2.13. The van der Waals surface area contributed by atoms with Crippen molar-refractivity contribution >= 4 is 23.2 Å². The first-order valence-corrected chi connectivity index (χ1v) is 9.80. The smallest absolute Gasteiger partial charge is 0.252 e. The summed E-state index contributed by atoms with van der Waals surface area (Å²) in [7, 11) is 0. The molecule has 31 heavy (non-hydrogen) atoms. The van der Waals surface area contributed by atoms with Gasteiger partial charge in [-0.05, 0) is 31.9 Å². The van der Waals surface area contributed by atoms with Crippen molar-refractivity contribution in [3.8, 4) is 5.69 Å². The summed E-state index contributed by atoms with van der Waals surface area (Å²) < 4.78 is 14.7. The average molecular weight is 427 g/mol. The molecule has 0 bridgehead atoms. The van der Waals surface area contributed by atoms with E-state index in [1.165, 1.54) is 4.80 Å². The third kappa shape index (κ3) is 4.94. The molecule has 2 atom stereocenters. The number of anilines is 3. The lowest BCUT2D eigenvalue weighted by Gasteiger charge is -2.27. The number of hydrogen-bond donors (Lipinski definition) is 4. The summed E-state index contributed by atoms with van der Waals surface area (Å²) in [6, 6.07) is 2.31. The average Bonchev–Trinajstić information content (AvgIpc) is 3.23. The molecule has 0 saturated carbocycles. The van der Waals surface area contributed by atoms with Crippen molar-refractivity contribution in [1.29, 1.82) is 0 Å². The molecule has 0 aromatic carbocycles. The molecule has 0 fully saturated rings. The van der Waals surface area contributed by atoms with Crippen LogP contribution in [0, 0.1) is 18.7 Å². The molecule has 3 aromatic rings. The summed E-state index contributed by atoms with van der Waals surface area (Å²) in [6.45, 7) is 7.59. The van der Waals surface area contributed by atoms with Gasteiger partial charge in [0, 0.05) is 12.1 Å². The quantitative estimate of drug-likeness (QED) is 0.427. The fourth-order valence-corrected chi connectivity index (χ4v) is 3.21. The van der Waals surface area contributed by atoms with E-state index in [1.54, 1.807) is 24.7 Å². The van der Waals surface area contributed by atoms with Gasteiger partial charge in [0.05, 0.1) is 35.5 Å². The van der Waals surface area contributed by atoms with Gasteiger partial charge in [0.25, 0.3) is 5.91 Å². The maximum absolute atomic E-state index is 14.7. The van der Waals surface area contributed by atoms with E-state index in [4.69, 9.17) is 11.5 Å². The van der Waals surface area contributed by atoms with Crippen LogP contribution in [-0.4, -0.2) is 43.0 Å². The van der Waals surface area contributed by atoms with Crippen LogP contribution in [0.2, 0.25) is 0 Å². The summed E-state index contributed by atoms with van der Waals surface area (Å²) in [5.74, 6) is -1.33. The molecule has 3 aromatic heterocycles. The van der Waals surface area contributed by atoms with Crippen LogP contribution in [-0.2, 0) is 0 Å². The topological polar surface area (TPSA) is 150 Å². The summed E-state index contributed by atoms with van der Waals surface area (Å²) >= 11 is 0. The second-order valence-electron chi connectivity index (χ2n) is 7.62. The number of carbonyl (C=O) groups is 1. The second kappa shape index (κ2) is 9.04. The fourth-order valence-electron chi connectivity index (χ4n) is 3.21. The molecule has 1 amide bonds. The van der Waals surface area contributed by atoms with Gasteiger partial charge in [0.2, 0.25) is 0 Å². The Balaban J connectivity index is 2.00. The number of primary amides is 1. The van der Waals surface area contributed by atoms with Crippen molar-refractivity contribution in [2.75, 3.05) is 10.6 Å². The Hall–Kier alpha value is -3.60. The van der Waals surface area contributed by atoms with Gasteiger partial charge in [-0.25, -0.2) is 9.37 Å². The highest BCUT2D eigenvalue weighted by Crippen LogP contribution is 2.26. The first-order chi connectivity index (χ1) is 14.7. The number of halogens is 1. The Morgan fingerprint density at radius 1 is 1.16 bits per heavy atom. The lowest BCUT2D eigenvalue weighted by atomic mass is 9.98. The number of aryl methyl sites for hydroxylation is 1. The SMILES string of the molecule is Cc1ncc(Nc2nc(N[C@H](C(C)C)[C@H](C)N)c(F)cc2C(N)=O)cc1-n1nccn1. The molecule has 3 heterocycles. The number of rotatable bonds is 8. The largest absolute Gasteiger partial charge is 0.365 e. The lowest BCUT2D eigenvalue weighted by molar-refractivity contribution is 0.100. The number of amides is 1. The Bertz CT molecular complexity index is 1060. The summed E-state index contributed by atoms with van der Waals surface area (Å²) in [5.41, 5.74) is 13.2. The standard InChI is InChI=1S/C20H26FN9O/c1-10(2)17(11(3)22)28-20-15(21)8-14(18(23)31)19(29-20)27-13-7-16(12(4)24-9-13)30-25-5-6-26-30/h5-11,17H,22H2,1-4H3,(H2,23,31)(H2,27,28,29)/t11-,17+/m0/s1. The minimum atomic E-state index is -0.818. The monoisotopic (exact) mass is 427 g/mol. The number of nitrogens with one attached hydrogen (secondary N) is 2. The molecular formula is C20H26FN9O. The van der Waals surface area contributed by atoms with E-state index in [1.807, 2.05) is 27.7 Å². The number of carbonyl (C=O) groups excluding carboxylic acids is 1. The Morgan fingerprint density at radius 3 is 2.42 bits per heavy atom. The van der Waals surface area contributed by atoms with E-state index < -0.39 is 11.7 Å². The maximum atomic E-state index is 14.7. The summed E-state index contributed by atoms with van der Waals surface area (Å²) in [6.07, 6.45) is 4.66. The van der Waals surface area contributed by atoms with Crippen molar-refractivity contribution in [1.82, 2.24) is 25.0 Å². The molecule has 0 unspecified atom stereocenters. The van der Waals surface area contributed by atoms with Crippen molar-refractivity contribution in [2.24, 2.45) is 17.4 Å². The second-order valence-corrected chi connectivity index (χ2v) is 7.62. The molecule has 10 nitrogen and oxygen atoms in total. The first-order valence-electron chi connectivity index (χ1n) is 9.80. The minimum absolute atomic E-state index is 0.0301. The highest BCUT2D eigenvalue weighted by atomic mass is 19.1. The van der Waals surface area contributed by atoms with Crippen LogP contribution in [0.15, 0.2) is 30.7 Å². The zero-order chi connectivity index (χ0) is 22.7.